The van der Waals surface area contributed by atoms with Gasteiger partial charge in [0.25, 0.3) is 0 Å². The molecule has 1 heterocycles. The molecule has 0 radical (unpaired) electrons. The Hall–Kier alpha value is -2.03. The van der Waals surface area contributed by atoms with E-state index in [9.17, 15) is 31.4 Å². The molecule has 1 aromatic heterocycles. The van der Waals surface area contributed by atoms with Crippen LogP contribution in [0.4, 0.5) is 32.0 Å². The van der Waals surface area contributed by atoms with E-state index in [4.69, 9.17) is 0 Å². The number of benzene rings is 1. The lowest BCUT2D eigenvalue weighted by Gasteiger charge is -2.27. The molecule has 25 heavy (non-hydrogen) atoms. The second kappa shape index (κ2) is 7.07. The molecule has 0 bridgehead atoms. The van der Waals surface area contributed by atoms with Gasteiger partial charge in [-0.2, -0.15) is 26.3 Å². The third-order valence-electron chi connectivity index (χ3n) is 3.66. The van der Waals surface area contributed by atoms with E-state index in [1.165, 1.54) is 18.2 Å². The molecule has 0 aliphatic carbocycles. The molecular weight excluding hydrogens is 350 g/mol. The van der Waals surface area contributed by atoms with Gasteiger partial charge in [-0.15, -0.1) is 0 Å². The van der Waals surface area contributed by atoms with Gasteiger partial charge in [0, 0.05) is 11.1 Å². The van der Waals surface area contributed by atoms with Gasteiger partial charge in [-0.05, 0) is 30.7 Å². The predicted molar refractivity (Wildman–Crippen MR) is 81.1 cm³/mol. The number of alkyl halides is 6. The molecule has 0 aliphatic heterocycles. The summed E-state index contributed by atoms with van der Waals surface area (Å²) >= 11 is 0. The molecule has 9 heteroatoms. The highest BCUT2D eigenvalue weighted by molar-refractivity contribution is 5.91. The van der Waals surface area contributed by atoms with Crippen LogP contribution in [0.3, 0.4) is 0 Å². The quantitative estimate of drug-likeness (QED) is 0.750. The molecule has 0 spiro atoms. The molecule has 2 N–H and O–H groups in total. The van der Waals surface area contributed by atoms with E-state index in [0.29, 0.717) is 12.5 Å². The van der Waals surface area contributed by atoms with Crippen LogP contribution >= 0.6 is 0 Å². The lowest BCUT2D eigenvalue weighted by Crippen LogP contribution is -2.45. The fraction of sp³-hybridized carbons (Fsp3) is 0.438. The second-order valence-electron chi connectivity index (χ2n) is 5.59. The van der Waals surface area contributed by atoms with Crippen LogP contribution in [0, 0.1) is 0 Å². The maximum absolute atomic E-state index is 13.2. The van der Waals surface area contributed by atoms with Gasteiger partial charge in [-0.1, -0.05) is 19.4 Å². The summed E-state index contributed by atoms with van der Waals surface area (Å²) in [7, 11) is 0. The Morgan fingerprint density at radius 2 is 1.76 bits per heavy atom. The Morgan fingerprint density at radius 1 is 1.08 bits per heavy atom. The summed E-state index contributed by atoms with van der Waals surface area (Å²) in [5.41, 5.74) is -1.27. The third kappa shape index (κ3) is 4.53. The van der Waals surface area contributed by atoms with Crippen molar-refractivity contribution in [2.45, 2.75) is 44.3 Å². The average Bonchev–Trinajstić information content (AvgIpc) is 2.50. The number of anilines is 1. The summed E-state index contributed by atoms with van der Waals surface area (Å²) < 4.78 is 77.8. The van der Waals surface area contributed by atoms with Crippen LogP contribution in [0.5, 0.6) is 0 Å². The Morgan fingerprint density at radius 3 is 2.32 bits per heavy atom. The lowest BCUT2D eigenvalue weighted by molar-refractivity contribution is -0.163. The number of fused-ring (bicyclic) bond motifs is 1. The van der Waals surface area contributed by atoms with Crippen LogP contribution in [0.2, 0.25) is 0 Å². The number of aliphatic hydroxyl groups excluding tert-OH is 1. The zero-order chi connectivity index (χ0) is 18.8. The first-order valence-corrected chi connectivity index (χ1v) is 7.52. The van der Waals surface area contributed by atoms with E-state index in [1.807, 2.05) is 0 Å². The number of nitrogens with one attached hydrogen (secondary N) is 1. The first-order chi connectivity index (χ1) is 11.5. The molecule has 3 nitrogen and oxygen atoms in total. The minimum absolute atomic E-state index is 0.0452. The number of halogens is 6. The highest BCUT2D eigenvalue weighted by Crippen LogP contribution is 2.33. The third-order valence-corrected chi connectivity index (χ3v) is 3.66. The molecule has 2 atom stereocenters. The fourth-order valence-corrected chi connectivity index (χ4v) is 2.46. The van der Waals surface area contributed by atoms with E-state index in [0.717, 1.165) is 6.07 Å². The highest BCUT2D eigenvalue weighted by Gasteiger charge is 2.44. The van der Waals surface area contributed by atoms with Crippen molar-refractivity contribution in [2.75, 3.05) is 5.32 Å². The Bertz CT molecular complexity index is 729. The maximum Gasteiger partial charge on any atom is 0.433 e. The summed E-state index contributed by atoms with van der Waals surface area (Å²) in [6.45, 7) is 1.64. The van der Waals surface area contributed by atoms with Crippen molar-refractivity contribution in [3.05, 3.63) is 36.0 Å². The van der Waals surface area contributed by atoms with Crippen molar-refractivity contribution in [3.8, 4) is 0 Å². The fourth-order valence-electron chi connectivity index (χ4n) is 2.46. The number of rotatable bonds is 5. The molecule has 2 unspecified atom stereocenters. The molecule has 0 amide bonds. The van der Waals surface area contributed by atoms with Crippen LogP contribution in [-0.4, -0.2) is 28.4 Å². The number of aromatic nitrogens is 1. The van der Waals surface area contributed by atoms with E-state index in [-0.39, 0.29) is 23.0 Å². The summed E-state index contributed by atoms with van der Waals surface area (Å²) in [5, 5.41) is 12.1. The van der Waals surface area contributed by atoms with Crippen molar-refractivity contribution in [3.63, 3.8) is 0 Å². The summed E-state index contributed by atoms with van der Waals surface area (Å²) in [5.74, 6) is 0. The molecule has 0 saturated heterocycles. The largest absolute Gasteiger partial charge is 0.433 e. The van der Waals surface area contributed by atoms with Gasteiger partial charge in [-0.3, -0.25) is 0 Å². The van der Waals surface area contributed by atoms with Crippen molar-refractivity contribution >= 4 is 16.6 Å². The first-order valence-electron chi connectivity index (χ1n) is 7.52. The van der Waals surface area contributed by atoms with Gasteiger partial charge in [0.15, 0.2) is 0 Å². The van der Waals surface area contributed by atoms with Crippen molar-refractivity contribution < 1.29 is 31.4 Å². The summed E-state index contributed by atoms with van der Waals surface area (Å²) in [6.07, 6.45) is -10.8. The molecule has 0 saturated carbocycles. The van der Waals surface area contributed by atoms with Crippen molar-refractivity contribution in [1.29, 1.82) is 0 Å². The van der Waals surface area contributed by atoms with Crippen LogP contribution in [0.25, 0.3) is 10.9 Å². The van der Waals surface area contributed by atoms with Gasteiger partial charge in [0.2, 0.25) is 0 Å². The highest BCUT2D eigenvalue weighted by atomic mass is 19.4. The van der Waals surface area contributed by atoms with Gasteiger partial charge in [0.1, 0.15) is 11.7 Å². The monoisotopic (exact) mass is 366 g/mol. The minimum Gasteiger partial charge on any atom is -0.391 e. The van der Waals surface area contributed by atoms with E-state index < -0.39 is 30.2 Å². The minimum atomic E-state index is -4.73. The van der Waals surface area contributed by atoms with Crippen molar-refractivity contribution in [1.82, 2.24) is 4.98 Å². The Labute approximate surface area is 139 Å². The Balaban J connectivity index is 2.42. The van der Waals surface area contributed by atoms with E-state index in [1.54, 1.807) is 6.92 Å². The zero-order valence-corrected chi connectivity index (χ0v) is 13.1. The van der Waals surface area contributed by atoms with Crippen LogP contribution < -0.4 is 5.32 Å². The standard InChI is InChI=1S/C16H16F6N2O/c1-2-4-12(25)14(16(20,21)22)24-11-6-3-5-10-9(11)7-8-13(23-10)15(17,18)19/h3,5-8,12,14,24-25H,2,4H2,1H3. The molecule has 138 valence electrons. The van der Waals surface area contributed by atoms with E-state index in [2.05, 4.69) is 10.3 Å². The summed E-state index contributed by atoms with van der Waals surface area (Å²) in [4.78, 5) is 3.45. The number of aliphatic hydroxyl groups is 1. The second-order valence-corrected chi connectivity index (χ2v) is 5.59. The van der Waals surface area contributed by atoms with E-state index >= 15 is 0 Å². The van der Waals surface area contributed by atoms with Gasteiger partial charge < -0.3 is 10.4 Å². The van der Waals surface area contributed by atoms with Crippen molar-refractivity contribution in [2.24, 2.45) is 0 Å². The molecule has 0 aliphatic rings. The lowest BCUT2D eigenvalue weighted by atomic mass is 10.0. The first kappa shape index (κ1) is 19.3. The van der Waals surface area contributed by atoms with Gasteiger partial charge in [-0.25, -0.2) is 4.98 Å². The maximum atomic E-state index is 13.2. The van der Waals surface area contributed by atoms with Crippen LogP contribution in [-0.2, 0) is 6.18 Å². The Kier molecular flexibility index (Phi) is 5.46. The number of nitrogens with zero attached hydrogens (tertiary/aromatic N) is 1. The average molecular weight is 366 g/mol. The topological polar surface area (TPSA) is 45.1 Å². The van der Waals surface area contributed by atoms with Crippen LogP contribution in [0.15, 0.2) is 30.3 Å². The van der Waals surface area contributed by atoms with Gasteiger partial charge >= 0.3 is 12.4 Å². The smallest absolute Gasteiger partial charge is 0.391 e. The number of hydrogen-bond donors (Lipinski definition) is 2. The molecule has 2 aromatic rings. The predicted octanol–water partition coefficient (Wildman–Crippen LogP) is 4.76. The molecular formula is C16H16F6N2O. The molecule has 1 aromatic carbocycles. The SMILES string of the molecule is CCCC(O)C(Nc1cccc2nc(C(F)(F)F)ccc12)C(F)(F)F. The number of hydrogen-bond acceptors (Lipinski definition) is 3. The summed E-state index contributed by atoms with van der Waals surface area (Å²) in [6, 6.07) is 3.42. The van der Waals surface area contributed by atoms with Crippen LogP contribution in [0.1, 0.15) is 25.5 Å². The zero-order valence-electron chi connectivity index (χ0n) is 13.1. The molecule has 0 fully saturated rings. The van der Waals surface area contributed by atoms with Gasteiger partial charge in [0.05, 0.1) is 11.6 Å². The molecule has 2 rings (SSSR count). The normalized spacial score (nSPS) is 15.2. The number of pyridine rings is 1.